The van der Waals surface area contributed by atoms with Crippen molar-refractivity contribution in [2.75, 3.05) is 6.54 Å². The molecule has 1 aromatic carbocycles. The molecule has 0 radical (unpaired) electrons. The van der Waals surface area contributed by atoms with Crippen LogP contribution in [0.2, 0.25) is 5.15 Å². The zero-order valence-corrected chi connectivity index (χ0v) is 11.1. The van der Waals surface area contributed by atoms with E-state index in [0.29, 0.717) is 11.7 Å². The average Bonchev–Trinajstić information content (AvgIpc) is 2.72. The minimum Gasteiger partial charge on any atom is -0.337 e. The largest absolute Gasteiger partial charge is 0.337 e. The molecule has 1 unspecified atom stereocenters. The number of aromatic nitrogens is 1. The second kappa shape index (κ2) is 4.79. The zero-order chi connectivity index (χ0) is 13.4. The molecule has 0 aliphatic carbocycles. The fourth-order valence-corrected chi connectivity index (χ4v) is 2.64. The maximum atomic E-state index is 11.8. The van der Waals surface area contributed by atoms with Crippen molar-refractivity contribution in [3.05, 3.63) is 41.2 Å². The molecule has 1 fully saturated rings. The number of amides is 1. The second-order valence-corrected chi connectivity index (χ2v) is 5.17. The van der Waals surface area contributed by atoms with E-state index in [1.807, 2.05) is 24.3 Å². The lowest BCUT2D eigenvalue weighted by Gasteiger charge is -2.16. The Hall–Kier alpha value is -1.65. The lowest BCUT2D eigenvalue weighted by molar-refractivity contribution is -0.129. The summed E-state index contributed by atoms with van der Waals surface area (Å²) in [4.78, 5) is 17.7. The molecular formula is C14H14ClN3O. The summed E-state index contributed by atoms with van der Waals surface area (Å²) < 4.78 is 0. The predicted octanol–water partition coefficient (Wildman–Crippen LogP) is 1.95. The summed E-state index contributed by atoms with van der Waals surface area (Å²) in [6.45, 7) is 1.30. The molecule has 0 bridgehead atoms. The van der Waals surface area contributed by atoms with Gasteiger partial charge in [-0.3, -0.25) is 4.79 Å². The van der Waals surface area contributed by atoms with E-state index in [9.17, 15) is 4.79 Å². The summed E-state index contributed by atoms with van der Waals surface area (Å²) in [6, 6.07) is 7.57. The highest BCUT2D eigenvalue weighted by atomic mass is 35.5. The Morgan fingerprint density at radius 1 is 1.42 bits per heavy atom. The monoisotopic (exact) mass is 275 g/mol. The first-order valence-electron chi connectivity index (χ1n) is 6.22. The van der Waals surface area contributed by atoms with Crippen molar-refractivity contribution in [3.8, 4) is 0 Å². The van der Waals surface area contributed by atoms with Crippen molar-refractivity contribution in [1.82, 2.24) is 9.88 Å². The number of carbonyl (C=O) groups is 1. The lowest BCUT2D eigenvalue weighted by atomic mass is 10.1. The van der Waals surface area contributed by atoms with E-state index >= 15 is 0 Å². The van der Waals surface area contributed by atoms with Crippen molar-refractivity contribution in [2.45, 2.75) is 19.0 Å². The standard InChI is InChI=1S/C14H14ClN3O/c15-13-11-7-9(1-2-10(11)3-5-17-13)8-18-6-4-12(16)14(18)19/h1-3,5,7,12H,4,6,8,16H2. The number of pyridine rings is 1. The summed E-state index contributed by atoms with van der Waals surface area (Å²) in [5, 5.41) is 2.45. The molecule has 3 rings (SSSR count). The smallest absolute Gasteiger partial charge is 0.239 e. The maximum absolute atomic E-state index is 11.8. The van der Waals surface area contributed by atoms with Gasteiger partial charge in [0, 0.05) is 24.7 Å². The Kier molecular flexibility index (Phi) is 3.12. The normalized spacial score (nSPS) is 19.4. The summed E-state index contributed by atoms with van der Waals surface area (Å²) >= 11 is 6.09. The summed E-state index contributed by atoms with van der Waals surface area (Å²) in [7, 11) is 0. The SMILES string of the molecule is NC1CCN(Cc2ccc3ccnc(Cl)c3c2)C1=O. The summed E-state index contributed by atoms with van der Waals surface area (Å²) in [5.41, 5.74) is 6.76. The topological polar surface area (TPSA) is 59.2 Å². The van der Waals surface area contributed by atoms with Gasteiger partial charge in [-0.05, 0) is 29.5 Å². The van der Waals surface area contributed by atoms with Crippen molar-refractivity contribution in [2.24, 2.45) is 5.73 Å². The van der Waals surface area contributed by atoms with E-state index < -0.39 is 0 Å². The van der Waals surface area contributed by atoms with Crippen LogP contribution < -0.4 is 5.73 Å². The molecule has 1 aliphatic rings. The number of nitrogens with two attached hydrogens (primary N) is 1. The minimum absolute atomic E-state index is 0.0254. The molecule has 1 atom stereocenters. The van der Waals surface area contributed by atoms with Gasteiger partial charge in [-0.15, -0.1) is 0 Å². The molecular weight excluding hydrogens is 262 g/mol. The molecule has 1 amide bonds. The minimum atomic E-state index is -0.342. The molecule has 1 aromatic heterocycles. The van der Waals surface area contributed by atoms with E-state index in [1.54, 1.807) is 11.1 Å². The van der Waals surface area contributed by atoms with Gasteiger partial charge in [-0.1, -0.05) is 23.7 Å². The van der Waals surface area contributed by atoms with Gasteiger partial charge in [0.15, 0.2) is 0 Å². The molecule has 98 valence electrons. The Balaban J connectivity index is 1.90. The number of likely N-dealkylation sites (tertiary alicyclic amines) is 1. The number of halogens is 1. The fourth-order valence-electron chi connectivity index (χ4n) is 2.42. The predicted molar refractivity (Wildman–Crippen MR) is 74.8 cm³/mol. The first-order valence-corrected chi connectivity index (χ1v) is 6.60. The molecule has 1 saturated heterocycles. The lowest BCUT2D eigenvalue weighted by Crippen LogP contribution is -2.33. The van der Waals surface area contributed by atoms with E-state index in [0.717, 1.165) is 29.3 Å². The molecule has 0 spiro atoms. The Labute approximate surface area is 116 Å². The number of fused-ring (bicyclic) bond motifs is 1. The number of rotatable bonds is 2. The Morgan fingerprint density at radius 2 is 2.26 bits per heavy atom. The van der Waals surface area contributed by atoms with Crippen LogP contribution in [0.15, 0.2) is 30.5 Å². The van der Waals surface area contributed by atoms with Crippen molar-refractivity contribution < 1.29 is 4.79 Å². The highest BCUT2D eigenvalue weighted by Crippen LogP contribution is 2.23. The van der Waals surface area contributed by atoms with Crippen LogP contribution in [0, 0.1) is 0 Å². The zero-order valence-electron chi connectivity index (χ0n) is 10.3. The number of hydrogen-bond donors (Lipinski definition) is 1. The van der Waals surface area contributed by atoms with Crippen molar-refractivity contribution in [3.63, 3.8) is 0 Å². The van der Waals surface area contributed by atoms with Gasteiger partial charge in [0.1, 0.15) is 5.15 Å². The quantitative estimate of drug-likeness (QED) is 0.852. The third kappa shape index (κ3) is 2.29. The van der Waals surface area contributed by atoms with Crippen molar-refractivity contribution in [1.29, 1.82) is 0 Å². The average molecular weight is 276 g/mol. The molecule has 0 saturated carbocycles. The molecule has 2 aromatic rings. The first kappa shape index (κ1) is 12.4. The van der Waals surface area contributed by atoms with Crippen molar-refractivity contribution >= 4 is 28.3 Å². The van der Waals surface area contributed by atoms with E-state index in [4.69, 9.17) is 17.3 Å². The van der Waals surface area contributed by atoms with Gasteiger partial charge in [-0.25, -0.2) is 4.98 Å². The van der Waals surface area contributed by atoms with Crippen LogP contribution in [0.4, 0.5) is 0 Å². The van der Waals surface area contributed by atoms with Crippen LogP contribution >= 0.6 is 11.6 Å². The third-order valence-electron chi connectivity index (χ3n) is 3.49. The van der Waals surface area contributed by atoms with Crippen LogP contribution in [-0.4, -0.2) is 28.4 Å². The van der Waals surface area contributed by atoms with Crippen LogP contribution in [0.5, 0.6) is 0 Å². The van der Waals surface area contributed by atoms with Crippen LogP contribution in [0.3, 0.4) is 0 Å². The molecule has 5 heteroatoms. The number of carbonyl (C=O) groups excluding carboxylic acids is 1. The summed E-state index contributed by atoms with van der Waals surface area (Å²) in [6.07, 6.45) is 2.42. The van der Waals surface area contributed by atoms with Gasteiger partial charge >= 0.3 is 0 Å². The first-order chi connectivity index (χ1) is 9.15. The van der Waals surface area contributed by atoms with E-state index in [2.05, 4.69) is 4.98 Å². The number of nitrogens with zero attached hydrogens (tertiary/aromatic N) is 2. The maximum Gasteiger partial charge on any atom is 0.239 e. The highest BCUT2D eigenvalue weighted by molar-refractivity contribution is 6.34. The summed E-state index contributed by atoms with van der Waals surface area (Å²) in [5.74, 6) is 0.0254. The molecule has 1 aliphatic heterocycles. The molecule has 2 heterocycles. The molecule has 2 N–H and O–H groups in total. The van der Waals surface area contributed by atoms with E-state index in [-0.39, 0.29) is 11.9 Å². The van der Waals surface area contributed by atoms with Crippen LogP contribution in [0.1, 0.15) is 12.0 Å². The van der Waals surface area contributed by atoms with Gasteiger partial charge in [-0.2, -0.15) is 0 Å². The highest BCUT2D eigenvalue weighted by Gasteiger charge is 2.28. The number of hydrogen-bond acceptors (Lipinski definition) is 3. The fraction of sp³-hybridized carbons (Fsp3) is 0.286. The number of benzene rings is 1. The van der Waals surface area contributed by atoms with E-state index in [1.165, 1.54) is 0 Å². The third-order valence-corrected chi connectivity index (χ3v) is 3.80. The van der Waals surface area contributed by atoms with Gasteiger partial charge in [0.05, 0.1) is 6.04 Å². The van der Waals surface area contributed by atoms with Crippen LogP contribution in [0.25, 0.3) is 10.8 Å². The Bertz CT molecular complexity index is 644. The van der Waals surface area contributed by atoms with Gasteiger partial charge < -0.3 is 10.6 Å². The van der Waals surface area contributed by atoms with Crippen LogP contribution in [-0.2, 0) is 11.3 Å². The molecule has 4 nitrogen and oxygen atoms in total. The van der Waals surface area contributed by atoms with Gasteiger partial charge in [0.2, 0.25) is 5.91 Å². The Morgan fingerprint density at radius 3 is 3.00 bits per heavy atom. The molecule has 19 heavy (non-hydrogen) atoms. The second-order valence-electron chi connectivity index (χ2n) is 4.81. The van der Waals surface area contributed by atoms with Gasteiger partial charge in [0.25, 0.3) is 0 Å².